The maximum Gasteiger partial charge on any atom is 0.291 e. The largest absolute Gasteiger partial charge is 0.459 e. The van der Waals surface area contributed by atoms with Gasteiger partial charge in [0, 0.05) is 17.8 Å². The van der Waals surface area contributed by atoms with Gasteiger partial charge in [0.05, 0.1) is 6.26 Å². The molecule has 0 bridgehead atoms. The normalized spacial score (nSPS) is 10.4. The van der Waals surface area contributed by atoms with E-state index in [1.54, 1.807) is 36.4 Å². The first-order valence-corrected chi connectivity index (χ1v) is 8.20. The van der Waals surface area contributed by atoms with E-state index in [2.05, 4.69) is 10.6 Å². The second-order valence-corrected chi connectivity index (χ2v) is 5.81. The van der Waals surface area contributed by atoms with Crippen molar-refractivity contribution in [1.29, 1.82) is 0 Å². The molecule has 0 fully saturated rings. The zero-order valence-electron chi connectivity index (χ0n) is 14.2. The zero-order chi connectivity index (χ0) is 19.2. The van der Waals surface area contributed by atoms with E-state index in [1.165, 1.54) is 12.3 Å². The Kier molecular flexibility index (Phi) is 5.61. The van der Waals surface area contributed by atoms with Crippen LogP contribution in [0.4, 0.5) is 20.2 Å². The summed E-state index contributed by atoms with van der Waals surface area (Å²) in [7, 11) is 0. The fourth-order valence-electron chi connectivity index (χ4n) is 2.41. The van der Waals surface area contributed by atoms with Crippen molar-refractivity contribution in [2.24, 2.45) is 0 Å². The maximum absolute atomic E-state index is 13.2. The van der Waals surface area contributed by atoms with Crippen LogP contribution in [0.5, 0.6) is 0 Å². The number of hydrogen-bond donors (Lipinski definition) is 2. The van der Waals surface area contributed by atoms with Crippen LogP contribution in [0.15, 0.2) is 65.3 Å². The number of carbonyl (C=O) groups is 2. The van der Waals surface area contributed by atoms with Crippen LogP contribution in [0.3, 0.4) is 0 Å². The minimum atomic E-state index is -0.930. The van der Waals surface area contributed by atoms with Crippen LogP contribution >= 0.6 is 0 Å². The van der Waals surface area contributed by atoms with Crippen molar-refractivity contribution in [2.75, 3.05) is 10.6 Å². The van der Waals surface area contributed by atoms with Crippen molar-refractivity contribution in [3.8, 4) is 0 Å². The van der Waals surface area contributed by atoms with Gasteiger partial charge in [0.25, 0.3) is 5.91 Å². The molecule has 1 heterocycles. The molecule has 0 spiro atoms. The Balaban J connectivity index is 1.50. The molecule has 2 amide bonds. The van der Waals surface area contributed by atoms with Gasteiger partial charge in [-0.25, -0.2) is 8.78 Å². The van der Waals surface area contributed by atoms with Gasteiger partial charge in [0.1, 0.15) is 0 Å². The van der Waals surface area contributed by atoms with Gasteiger partial charge in [0.2, 0.25) is 5.91 Å². The van der Waals surface area contributed by atoms with Crippen molar-refractivity contribution >= 4 is 23.2 Å². The molecule has 2 aromatic carbocycles. The molecule has 1 aromatic heterocycles. The molecule has 3 rings (SSSR count). The minimum Gasteiger partial charge on any atom is -0.459 e. The number of amides is 2. The summed E-state index contributed by atoms with van der Waals surface area (Å²) >= 11 is 0. The number of halogens is 2. The predicted molar refractivity (Wildman–Crippen MR) is 96.4 cm³/mol. The highest BCUT2D eigenvalue weighted by molar-refractivity contribution is 6.02. The van der Waals surface area contributed by atoms with Gasteiger partial charge in [0.15, 0.2) is 17.4 Å². The number of hydrogen-bond acceptors (Lipinski definition) is 3. The van der Waals surface area contributed by atoms with E-state index < -0.39 is 11.6 Å². The van der Waals surface area contributed by atoms with E-state index in [-0.39, 0.29) is 24.0 Å². The van der Waals surface area contributed by atoms with Crippen molar-refractivity contribution in [3.63, 3.8) is 0 Å². The highest BCUT2D eigenvalue weighted by atomic mass is 19.2. The lowest BCUT2D eigenvalue weighted by Gasteiger charge is -2.08. The van der Waals surface area contributed by atoms with Gasteiger partial charge in [-0.2, -0.15) is 0 Å². The summed E-state index contributed by atoms with van der Waals surface area (Å²) in [6.07, 6.45) is 1.83. The minimum absolute atomic E-state index is 0.127. The summed E-state index contributed by atoms with van der Waals surface area (Å²) in [5, 5.41) is 5.38. The topological polar surface area (TPSA) is 71.3 Å². The van der Waals surface area contributed by atoms with Crippen LogP contribution in [0.25, 0.3) is 0 Å². The number of carbonyl (C=O) groups excluding carboxylic acids is 2. The summed E-state index contributed by atoms with van der Waals surface area (Å²) in [6.45, 7) is 0. The molecule has 0 aliphatic rings. The first-order chi connectivity index (χ1) is 13.0. The molecular formula is C20H16F2N2O3. The third-order valence-electron chi connectivity index (χ3n) is 3.80. The quantitative estimate of drug-likeness (QED) is 0.676. The van der Waals surface area contributed by atoms with Crippen molar-refractivity contribution in [1.82, 2.24) is 0 Å². The molecule has 138 valence electrons. The Labute approximate surface area is 154 Å². The Hall–Kier alpha value is -3.48. The Morgan fingerprint density at radius 2 is 1.59 bits per heavy atom. The molecule has 0 saturated carbocycles. The smallest absolute Gasteiger partial charge is 0.291 e. The molecule has 0 aliphatic carbocycles. The lowest BCUT2D eigenvalue weighted by atomic mass is 10.1. The Morgan fingerprint density at radius 3 is 2.22 bits per heavy atom. The highest BCUT2D eigenvalue weighted by Gasteiger charge is 2.09. The summed E-state index contributed by atoms with van der Waals surface area (Å²) in [4.78, 5) is 23.9. The van der Waals surface area contributed by atoms with Crippen LogP contribution in [0.1, 0.15) is 22.5 Å². The van der Waals surface area contributed by atoms with Crippen molar-refractivity contribution in [3.05, 3.63) is 83.8 Å². The number of aryl methyl sites for hydroxylation is 1. The Bertz CT molecular complexity index is 938. The van der Waals surface area contributed by atoms with E-state index >= 15 is 0 Å². The van der Waals surface area contributed by atoms with Crippen LogP contribution in [0.2, 0.25) is 0 Å². The number of nitrogens with one attached hydrogen (secondary N) is 2. The van der Waals surface area contributed by atoms with Gasteiger partial charge >= 0.3 is 0 Å². The fraction of sp³-hybridized carbons (Fsp3) is 0.100. The predicted octanol–water partition coefficient (Wildman–Crippen LogP) is 4.38. The summed E-state index contributed by atoms with van der Waals surface area (Å²) < 4.78 is 31.1. The second-order valence-electron chi connectivity index (χ2n) is 5.81. The molecule has 0 unspecified atom stereocenters. The average molecular weight is 370 g/mol. The van der Waals surface area contributed by atoms with E-state index in [0.717, 1.165) is 12.1 Å². The first-order valence-electron chi connectivity index (χ1n) is 8.20. The molecule has 0 atom stereocenters. The number of rotatable bonds is 6. The third-order valence-corrected chi connectivity index (χ3v) is 3.80. The number of anilines is 2. The average Bonchev–Trinajstić information content (AvgIpc) is 3.19. The molecule has 7 heteroatoms. The summed E-state index contributed by atoms with van der Waals surface area (Å²) in [5.41, 5.74) is 1.65. The van der Waals surface area contributed by atoms with Gasteiger partial charge in [-0.1, -0.05) is 6.07 Å². The van der Waals surface area contributed by atoms with Gasteiger partial charge < -0.3 is 15.1 Å². The lowest BCUT2D eigenvalue weighted by Crippen LogP contribution is -2.13. The van der Waals surface area contributed by atoms with Crippen LogP contribution < -0.4 is 10.6 Å². The van der Waals surface area contributed by atoms with E-state index in [1.807, 2.05) is 0 Å². The summed E-state index contributed by atoms with van der Waals surface area (Å²) in [6, 6.07) is 13.3. The van der Waals surface area contributed by atoms with E-state index in [0.29, 0.717) is 23.4 Å². The van der Waals surface area contributed by atoms with Crippen molar-refractivity contribution in [2.45, 2.75) is 12.8 Å². The summed E-state index contributed by atoms with van der Waals surface area (Å²) in [5.74, 6) is -2.28. The molecule has 5 nitrogen and oxygen atoms in total. The molecule has 2 N–H and O–H groups in total. The van der Waals surface area contributed by atoms with Crippen LogP contribution in [-0.2, 0) is 11.2 Å². The highest BCUT2D eigenvalue weighted by Crippen LogP contribution is 2.16. The number of furan rings is 1. The standard InChI is InChI=1S/C20H16F2N2O3/c21-16-9-3-13(12-17(16)22)4-10-19(25)23-14-5-7-15(8-6-14)24-20(26)18-2-1-11-27-18/h1-3,5-9,11-12H,4,10H2,(H,23,25)(H,24,26). The lowest BCUT2D eigenvalue weighted by molar-refractivity contribution is -0.116. The zero-order valence-corrected chi connectivity index (χ0v) is 14.2. The van der Waals surface area contributed by atoms with Gasteiger partial charge in [-0.15, -0.1) is 0 Å². The molecule has 0 saturated heterocycles. The Morgan fingerprint density at radius 1 is 0.889 bits per heavy atom. The first kappa shape index (κ1) is 18.3. The third kappa shape index (κ3) is 5.01. The van der Waals surface area contributed by atoms with E-state index in [9.17, 15) is 18.4 Å². The maximum atomic E-state index is 13.2. The van der Waals surface area contributed by atoms with Gasteiger partial charge in [-0.05, 0) is 60.5 Å². The molecule has 0 aliphatic heterocycles. The second kappa shape index (κ2) is 8.27. The van der Waals surface area contributed by atoms with Crippen molar-refractivity contribution < 1.29 is 22.8 Å². The van der Waals surface area contributed by atoms with E-state index in [4.69, 9.17) is 4.42 Å². The van der Waals surface area contributed by atoms with Gasteiger partial charge in [-0.3, -0.25) is 9.59 Å². The SMILES string of the molecule is O=C(CCc1ccc(F)c(F)c1)Nc1ccc(NC(=O)c2ccco2)cc1. The fourth-order valence-corrected chi connectivity index (χ4v) is 2.41. The molecule has 0 radical (unpaired) electrons. The molecule has 27 heavy (non-hydrogen) atoms. The molecular weight excluding hydrogens is 354 g/mol. The molecule has 3 aromatic rings. The van der Waals surface area contributed by atoms with Crippen LogP contribution in [0, 0.1) is 11.6 Å². The number of benzene rings is 2. The monoisotopic (exact) mass is 370 g/mol. The van der Waals surface area contributed by atoms with Crippen LogP contribution in [-0.4, -0.2) is 11.8 Å².